The summed E-state index contributed by atoms with van der Waals surface area (Å²) >= 11 is 0. The number of hydrogen-bond donors (Lipinski definition) is 0. The van der Waals surface area contributed by atoms with E-state index in [0.29, 0.717) is 49.1 Å². The molecular weight excluding hydrogens is 345 g/mol. The molecule has 1 aromatic carbocycles. The number of benzene rings is 1. The van der Waals surface area contributed by atoms with Crippen LogP contribution in [0.15, 0.2) is 33.5 Å². The number of rotatable bonds is 3. The Bertz CT molecular complexity index is 888. The van der Waals surface area contributed by atoms with Gasteiger partial charge in [0.15, 0.2) is 11.3 Å². The third-order valence-corrected chi connectivity index (χ3v) is 5.32. The smallest absolute Gasteiger partial charge is 0.441 e. The Hall–Kier alpha value is -1.83. The van der Waals surface area contributed by atoms with E-state index in [0.717, 1.165) is 5.46 Å². The Morgan fingerprint density at radius 3 is 2.63 bits per heavy atom. The first-order chi connectivity index (χ1) is 12.9. The minimum absolute atomic E-state index is 0.0353. The number of anilines is 1. The lowest BCUT2D eigenvalue weighted by Gasteiger charge is -2.28. The van der Waals surface area contributed by atoms with E-state index in [1.54, 1.807) is 12.1 Å². The summed E-state index contributed by atoms with van der Waals surface area (Å²) in [4.78, 5) is 14.7. The van der Waals surface area contributed by atoms with E-state index in [2.05, 4.69) is 13.8 Å². The van der Waals surface area contributed by atoms with Crippen molar-refractivity contribution in [2.45, 2.75) is 39.4 Å². The molecule has 0 spiro atoms. The third kappa shape index (κ3) is 3.39. The minimum atomic E-state index is -0.556. The molecule has 2 fully saturated rings. The summed E-state index contributed by atoms with van der Waals surface area (Å²) in [5, 5.41) is 0.544. The van der Waals surface area contributed by atoms with E-state index in [4.69, 9.17) is 18.5 Å². The zero-order valence-electron chi connectivity index (χ0n) is 16.4. The van der Waals surface area contributed by atoms with Gasteiger partial charge in [-0.15, -0.1) is 0 Å². The van der Waals surface area contributed by atoms with E-state index >= 15 is 0 Å². The quantitative estimate of drug-likeness (QED) is 0.771. The Balaban J connectivity index is 1.77. The monoisotopic (exact) mass is 371 g/mol. The maximum atomic E-state index is 12.7. The molecule has 0 saturated carbocycles. The Morgan fingerprint density at radius 2 is 1.96 bits per heavy atom. The summed E-state index contributed by atoms with van der Waals surface area (Å²) in [6, 6.07) is 7.12. The Morgan fingerprint density at radius 1 is 1.22 bits per heavy atom. The van der Waals surface area contributed by atoms with Crippen LogP contribution in [0.25, 0.3) is 11.0 Å². The number of fused-ring (bicyclic) bond motifs is 1. The van der Waals surface area contributed by atoms with E-state index < -0.39 is 12.7 Å². The molecule has 2 saturated heterocycles. The first-order valence-electron chi connectivity index (χ1n) is 9.59. The average molecular weight is 371 g/mol. The van der Waals surface area contributed by atoms with E-state index in [9.17, 15) is 4.79 Å². The van der Waals surface area contributed by atoms with Crippen molar-refractivity contribution in [1.82, 2.24) is 0 Å². The number of nitrogens with zero attached hydrogens (tertiary/aromatic N) is 1. The zero-order chi connectivity index (χ0) is 19.2. The average Bonchev–Trinajstić information content (AvgIpc) is 2.97. The molecule has 4 rings (SSSR count). The first-order valence-corrected chi connectivity index (χ1v) is 9.59. The van der Waals surface area contributed by atoms with Gasteiger partial charge in [-0.1, -0.05) is 26.0 Å². The van der Waals surface area contributed by atoms with Gasteiger partial charge in [0, 0.05) is 24.6 Å². The first kappa shape index (κ1) is 18.5. The highest BCUT2D eigenvalue weighted by molar-refractivity contribution is 6.64. The second kappa shape index (κ2) is 6.97. The molecule has 2 aliphatic heterocycles. The van der Waals surface area contributed by atoms with Crippen molar-refractivity contribution in [2.75, 3.05) is 31.2 Å². The molecule has 144 valence electrons. The second-order valence-electron chi connectivity index (χ2n) is 8.13. The van der Waals surface area contributed by atoms with Gasteiger partial charge < -0.3 is 23.4 Å². The van der Waals surface area contributed by atoms with Gasteiger partial charge >= 0.3 is 7.12 Å². The molecule has 3 heterocycles. The van der Waals surface area contributed by atoms with E-state index in [-0.39, 0.29) is 11.5 Å². The van der Waals surface area contributed by atoms with Crippen LogP contribution in [-0.2, 0) is 14.0 Å². The largest absolute Gasteiger partial charge is 0.498 e. The van der Waals surface area contributed by atoms with Crippen LogP contribution in [0.4, 0.5) is 5.88 Å². The van der Waals surface area contributed by atoms with Gasteiger partial charge in [-0.05, 0) is 25.8 Å². The summed E-state index contributed by atoms with van der Waals surface area (Å²) in [6.07, 6.45) is -0.0353. The molecular formula is C20H26BNO5. The number of ether oxygens (including phenoxy) is 1. The highest BCUT2D eigenvalue weighted by Gasteiger charge is 2.48. The molecule has 6 nitrogen and oxygen atoms in total. The maximum absolute atomic E-state index is 12.7. The summed E-state index contributed by atoms with van der Waals surface area (Å²) in [5.74, 6) is 0.886. The fourth-order valence-electron chi connectivity index (χ4n) is 4.08. The highest BCUT2D eigenvalue weighted by Crippen LogP contribution is 2.33. The molecule has 27 heavy (non-hydrogen) atoms. The highest BCUT2D eigenvalue weighted by atomic mass is 16.7. The van der Waals surface area contributed by atoms with Crippen LogP contribution in [0, 0.1) is 5.92 Å². The molecule has 1 atom stereocenters. The van der Waals surface area contributed by atoms with Crippen molar-refractivity contribution in [3.8, 4) is 0 Å². The predicted molar refractivity (Wildman–Crippen MR) is 106 cm³/mol. The second-order valence-corrected chi connectivity index (χ2v) is 8.13. The molecule has 0 radical (unpaired) electrons. The van der Waals surface area contributed by atoms with Crippen LogP contribution in [-0.4, -0.2) is 45.1 Å². The van der Waals surface area contributed by atoms with Crippen LogP contribution in [0.2, 0.25) is 0 Å². The molecule has 0 bridgehead atoms. The minimum Gasteiger partial charge on any atom is -0.441 e. The van der Waals surface area contributed by atoms with Crippen molar-refractivity contribution in [3.05, 3.63) is 34.5 Å². The predicted octanol–water partition coefficient (Wildman–Crippen LogP) is 2.17. The van der Waals surface area contributed by atoms with Crippen LogP contribution >= 0.6 is 0 Å². The maximum Gasteiger partial charge on any atom is 0.498 e. The number of hydrogen-bond acceptors (Lipinski definition) is 6. The van der Waals surface area contributed by atoms with Crippen molar-refractivity contribution < 1.29 is 18.5 Å². The molecule has 1 aromatic heterocycles. The molecule has 2 aliphatic rings. The van der Waals surface area contributed by atoms with E-state index in [1.165, 1.54) is 0 Å². The van der Waals surface area contributed by atoms with E-state index in [1.807, 2.05) is 30.9 Å². The Kier molecular flexibility index (Phi) is 4.78. The fraction of sp³-hybridized carbons (Fsp3) is 0.550. The molecule has 0 amide bonds. The summed E-state index contributed by atoms with van der Waals surface area (Å²) in [6.45, 7) is 11.0. The zero-order valence-corrected chi connectivity index (χ0v) is 16.4. The van der Waals surface area contributed by atoms with Crippen molar-refractivity contribution in [2.24, 2.45) is 5.92 Å². The molecule has 7 heteroatoms. The van der Waals surface area contributed by atoms with Crippen LogP contribution < -0.4 is 15.8 Å². The van der Waals surface area contributed by atoms with Crippen LogP contribution in [0.3, 0.4) is 0 Å². The lowest BCUT2D eigenvalue weighted by atomic mass is 9.78. The summed E-state index contributed by atoms with van der Waals surface area (Å²) < 4.78 is 24.1. The van der Waals surface area contributed by atoms with Crippen molar-refractivity contribution in [3.63, 3.8) is 0 Å². The number of para-hydroxylation sites is 1. The van der Waals surface area contributed by atoms with Crippen LogP contribution in [0.1, 0.15) is 27.7 Å². The van der Waals surface area contributed by atoms with Gasteiger partial charge in [0.2, 0.25) is 0 Å². The molecule has 0 N–H and O–H groups in total. The third-order valence-electron chi connectivity index (χ3n) is 5.32. The van der Waals surface area contributed by atoms with Crippen LogP contribution in [0.5, 0.6) is 0 Å². The van der Waals surface area contributed by atoms with Crippen molar-refractivity contribution in [1.29, 1.82) is 0 Å². The normalized spacial score (nSPS) is 22.8. The fourth-order valence-corrected chi connectivity index (χ4v) is 4.08. The lowest BCUT2D eigenvalue weighted by molar-refractivity contribution is 0.0438. The summed E-state index contributed by atoms with van der Waals surface area (Å²) in [7, 11) is -0.556. The Labute approximate surface area is 159 Å². The topological polar surface area (TPSA) is 61.1 Å². The van der Waals surface area contributed by atoms with Gasteiger partial charge in [-0.25, -0.2) is 0 Å². The molecule has 0 aliphatic carbocycles. The summed E-state index contributed by atoms with van der Waals surface area (Å²) in [5.41, 5.74) is 0.827. The van der Waals surface area contributed by atoms with Gasteiger partial charge in [0.1, 0.15) is 5.58 Å². The van der Waals surface area contributed by atoms with Gasteiger partial charge in [0.25, 0.3) is 0 Å². The SMILES string of the molecule is CC(C)C1OB(c2cccc3c(=O)cc(N4CCOCC4)oc23)OC1(C)C. The lowest BCUT2D eigenvalue weighted by Crippen LogP contribution is -2.38. The van der Waals surface area contributed by atoms with Gasteiger partial charge in [-0.3, -0.25) is 4.79 Å². The molecule has 2 aromatic rings. The standard InChI is InChI=1S/C20H26BNO5/c1-13(2)19-20(3,4)27-21(26-19)15-7-5-6-14-16(23)12-17(25-18(14)15)22-8-10-24-11-9-22/h5-7,12-13,19H,8-11H2,1-4H3. The molecule has 1 unspecified atom stereocenters. The van der Waals surface area contributed by atoms with Crippen molar-refractivity contribution >= 4 is 29.4 Å². The van der Waals surface area contributed by atoms with Gasteiger partial charge in [0.05, 0.1) is 30.3 Å². The number of morpholine rings is 1. The van der Waals surface area contributed by atoms with Gasteiger partial charge in [-0.2, -0.15) is 0 Å².